The average molecular weight is 198 g/mol. The molecule has 82 valence electrons. The molecule has 4 atom stereocenters. The number of hydrogen-bond donors (Lipinski definition) is 1. The molecule has 1 heterocycles. The second-order valence-corrected chi connectivity index (χ2v) is 5.31. The summed E-state index contributed by atoms with van der Waals surface area (Å²) in [6.45, 7) is 4.85. The minimum absolute atomic E-state index is 0.117. The molecule has 14 heavy (non-hydrogen) atoms. The van der Waals surface area contributed by atoms with E-state index in [-0.39, 0.29) is 18.3 Å². The Kier molecular flexibility index (Phi) is 2.85. The lowest BCUT2D eigenvalue weighted by Crippen LogP contribution is -2.41. The summed E-state index contributed by atoms with van der Waals surface area (Å²) in [6, 6.07) is 0. The summed E-state index contributed by atoms with van der Waals surface area (Å²) in [5.74, 6) is 1.52. The first-order chi connectivity index (χ1) is 6.66. The lowest BCUT2D eigenvalue weighted by molar-refractivity contribution is -0.113. The Morgan fingerprint density at radius 3 is 2.57 bits per heavy atom. The SMILES string of the molecule is C[C@@H]1CC[C@]2(CC[C@H](CO)O2)[C@H](C)C1. The first-order valence-electron chi connectivity index (χ1n) is 5.95. The Labute approximate surface area is 86.6 Å². The molecular weight excluding hydrogens is 176 g/mol. The number of hydrogen-bond acceptors (Lipinski definition) is 2. The van der Waals surface area contributed by atoms with Crippen LogP contribution >= 0.6 is 0 Å². The zero-order valence-corrected chi connectivity index (χ0v) is 9.33. The molecule has 0 bridgehead atoms. The van der Waals surface area contributed by atoms with Crippen LogP contribution in [0.1, 0.15) is 46.0 Å². The Morgan fingerprint density at radius 2 is 2.00 bits per heavy atom. The van der Waals surface area contributed by atoms with Crippen molar-refractivity contribution in [2.75, 3.05) is 6.61 Å². The van der Waals surface area contributed by atoms with Gasteiger partial charge in [-0.05, 0) is 43.9 Å². The van der Waals surface area contributed by atoms with Gasteiger partial charge in [0.25, 0.3) is 0 Å². The summed E-state index contributed by atoms with van der Waals surface area (Å²) in [5, 5.41) is 9.09. The summed E-state index contributed by atoms with van der Waals surface area (Å²) < 4.78 is 6.05. The summed E-state index contributed by atoms with van der Waals surface area (Å²) in [4.78, 5) is 0. The van der Waals surface area contributed by atoms with E-state index in [0.717, 1.165) is 18.8 Å². The van der Waals surface area contributed by atoms with E-state index in [1.165, 1.54) is 19.3 Å². The van der Waals surface area contributed by atoms with Gasteiger partial charge >= 0.3 is 0 Å². The first kappa shape index (κ1) is 10.4. The van der Waals surface area contributed by atoms with Gasteiger partial charge in [0.15, 0.2) is 0 Å². The zero-order valence-electron chi connectivity index (χ0n) is 9.33. The average Bonchev–Trinajstić information content (AvgIpc) is 2.58. The molecule has 2 aliphatic rings. The van der Waals surface area contributed by atoms with E-state index in [1.54, 1.807) is 0 Å². The smallest absolute Gasteiger partial charge is 0.0814 e. The Morgan fingerprint density at radius 1 is 1.29 bits per heavy atom. The van der Waals surface area contributed by atoms with Crippen LogP contribution in [0.3, 0.4) is 0 Å². The van der Waals surface area contributed by atoms with E-state index in [2.05, 4.69) is 13.8 Å². The maximum Gasteiger partial charge on any atom is 0.0814 e. The third-order valence-corrected chi connectivity index (χ3v) is 4.21. The maximum atomic E-state index is 9.09. The van der Waals surface area contributed by atoms with Crippen molar-refractivity contribution >= 4 is 0 Å². The monoisotopic (exact) mass is 198 g/mol. The van der Waals surface area contributed by atoms with Gasteiger partial charge in [0, 0.05) is 0 Å². The van der Waals surface area contributed by atoms with Gasteiger partial charge in [-0.3, -0.25) is 0 Å². The van der Waals surface area contributed by atoms with E-state index < -0.39 is 0 Å². The zero-order chi connectivity index (χ0) is 10.2. The normalized spacial score (nSPS) is 48.6. The second-order valence-electron chi connectivity index (χ2n) is 5.31. The van der Waals surface area contributed by atoms with Crippen molar-refractivity contribution in [1.82, 2.24) is 0 Å². The van der Waals surface area contributed by atoms with Gasteiger partial charge in [-0.2, -0.15) is 0 Å². The van der Waals surface area contributed by atoms with Crippen LogP contribution in [0.5, 0.6) is 0 Å². The highest BCUT2D eigenvalue weighted by atomic mass is 16.5. The molecule has 2 rings (SSSR count). The van der Waals surface area contributed by atoms with Crippen LogP contribution in [0.15, 0.2) is 0 Å². The molecule has 1 spiro atoms. The molecule has 1 aliphatic carbocycles. The topological polar surface area (TPSA) is 29.5 Å². The standard InChI is InChI=1S/C12H22O2/c1-9-3-5-12(10(2)7-9)6-4-11(8-13)14-12/h9-11,13H,3-8H2,1-2H3/t9-,10-,11-,12+/m1/s1. The van der Waals surface area contributed by atoms with E-state index in [9.17, 15) is 0 Å². The highest BCUT2D eigenvalue weighted by molar-refractivity contribution is 4.96. The van der Waals surface area contributed by atoms with E-state index in [4.69, 9.17) is 9.84 Å². The second kappa shape index (κ2) is 3.82. The molecule has 1 N–H and O–H groups in total. The quantitative estimate of drug-likeness (QED) is 0.701. The number of aliphatic hydroxyl groups excluding tert-OH is 1. The van der Waals surface area contributed by atoms with Gasteiger partial charge in [-0.25, -0.2) is 0 Å². The predicted octanol–water partition coefficient (Wildman–Crippen LogP) is 2.35. The van der Waals surface area contributed by atoms with Crippen LogP contribution < -0.4 is 0 Å². The molecule has 0 aromatic rings. The number of aliphatic hydroxyl groups is 1. The fraction of sp³-hybridized carbons (Fsp3) is 1.00. The van der Waals surface area contributed by atoms with E-state index >= 15 is 0 Å². The minimum Gasteiger partial charge on any atom is -0.394 e. The van der Waals surface area contributed by atoms with Crippen molar-refractivity contribution in [2.24, 2.45) is 11.8 Å². The third-order valence-electron chi connectivity index (χ3n) is 4.21. The Hall–Kier alpha value is -0.0800. The summed E-state index contributed by atoms with van der Waals surface area (Å²) >= 11 is 0. The lowest BCUT2D eigenvalue weighted by atomic mass is 9.71. The molecule has 0 aromatic carbocycles. The molecule has 2 nitrogen and oxygen atoms in total. The molecular formula is C12H22O2. The number of ether oxygens (including phenoxy) is 1. The van der Waals surface area contributed by atoms with Crippen molar-refractivity contribution < 1.29 is 9.84 Å². The summed E-state index contributed by atoms with van der Waals surface area (Å²) in [7, 11) is 0. The Balaban J connectivity index is 2.02. The van der Waals surface area contributed by atoms with Crippen LogP contribution in [0, 0.1) is 11.8 Å². The van der Waals surface area contributed by atoms with Crippen LogP contribution in [0.4, 0.5) is 0 Å². The molecule has 1 saturated carbocycles. The van der Waals surface area contributed by atoms with Crippen molar-refractivity contribution in [3.63, 3.8) is 0 Å². The van der Waals surface area contributed by atoms with Crippen molar-refractivity contribution in [3.8, 4) is 0 Å². The minimum atomic E-state index is 0.117. The van der Waals surface area contributed by atoms with Gasteiger partial charge in [0.05, 0.1) is 18.3 Å². The molecule has 0 aromatic heterocycles. The summed E-state index contributed by atoms with van der Waals surface area (Å²) in [6.07, 6.45) is 6.11. The van der Waals surface area contributed by atoms with E-state index in [1.807, 2.05) is 0 Å². The molecule has 2 heteroatoms. The van der Waals surface area contributed by atoms with Crippen LogP contribution in [0.25, 0.3) is 0 Å². The Bertz CT molecular complexity index is 204. The van der Waals surface area contributed by atoms with Gasteiger partial charge in [0.1, 0.15) is 0 Å². The van der Waals surface area contributed by atoms with Gasteiger partial charge in [-0.1, -0.05) is 13.8 Å². The number of rotatable bonds is 1. The highest BCUT2D eigenvalue weighted by Gasteiger charge is 2.46. The summed E-state index contributed by atoms with van der Waals surface area (Å²) in [5.41, 5.74) is 0.125. The van der Waals surface area contributed by atoms with Crippen LogP contribution in [0.2, 0.25) is 0 Å². The third kappa shape index (κ3) is 1.70. The molecule has 0 radical (unpaired) electrons. The predicted molar refractivity (Wildman–Crippen MR) is 56.1 cm³/mol. The van der Waals surface area contributed by atoms with Gasteiger partial charge < -0.3 is 9.84 Å². The fourth-order valence-corrected chi connectivity index (χ4v) is 3.20. The van der Waals surface area contributed by atoms with Crippen molar-refractivity contribution in [3.05, 3.63) is 0 Å². The lowest BCUT2D eigenvalue weighted by Gasteiger charge is -2.41. The molecule has 0 unspecified atom stereocenters. The van der Waals surface area contributed by atoms with Crippen molar-refractivity contribution in [2.45, 2.75) is 57.7 Å². The maximum absolute atomic E-state index is 9.09. The van der Waals surface area contributed by atoms with Crippen LogP contribution in [-0.4, -0.2) is 23.4 Å². The fourth-order valence-electron chi connectivity index (χ4n) is 3.20. The largest absolute Gasteiger partial charge is 0.394 e. The molecule has 0 amide bonds. The molecule has 1 aliphatic heterocycles. The van der Waals surface area contributed by atoms with E-state index in [0.29, 0.717) is 5.92 Å². The van der Waals surface area contributed by atoms with Gasteiger partial charge in [-0.15, -0.1) is 0 Å². The van der Waals surface area contributed by atoms with Crippen LogP contribution in [-0.2, 0) is 4.74 Å². The molecule has 2 fully saturated rings. The highest BCUT2D eigenvalue weighted by Crippen LogP contribution is 2.46. The molecule has 1 saturated heterocycles. The van der Waals surface area contributed by atoms with Crippen molar-refractivity contribution in [1.29, 1.82) is 0 Å². The first-order valence-corrected chi connectivity index (χ1v) is 5.95. The van der Waals surface area contributed by atoms with Gasteiger partial charge in [0.2, 0.25) is 0 Å².